The minimum atomic E-state index is -3.58. The van der Waals surface area contributed by atoms with Crippen LogP contribution in [0.2, 0.25) is 0 Å². The van der Waals surface area contributed by atoms with Crippen molar-refractivity contribution in [3.63, 3.8) is 0 Å². The van der Waals surface area contributed by atoms with E-state index < -0.39 is 17.1 Å². The highest BCUT2D eigenvalue weighted by molar-refractivity contribution is 7.89. The number of hydrogen-bond donors (Lipinski definition) is 2. The summed E-state index contributed by atoms with van der Waals surface area (Å²) in [7, 11) is -3.64. The summed E-state index contributed by atoms with van der Waals surface area (Å²) in [5.74, 6) is 0. The zero-order valence-electron chi connectivity index (χ0n) is 11.6. The molecule has 0 bridgehead atoms. The normalized spacial score (nSPS) is 17.4. The van der Waals surface area contributed by atoms with E-state index in [9.17, 15) is 8.42 Å². The molecule has 0 unspecified atom stereocenters. The molecule has 5 nitrogen and oxygen atoms in total. The van der Waals surface area contributed by atoms with E-state index in [2.05, 4.69) is 0 Å². The Morgan fingerprint density at radius 1 is 1.20 bits per heavy atom. The van der Waals surface area contributed by atoms with Gasteiger partial charge in [-0.1, -0.05) is 31.4 Å². The monoisotopic (exact) mass is 297 g/mol. The molecule has 0 aromatic heterocycles. The SMILES string of the molecule is CN(C1CCCCC1)S(=O)(=O)c1cccc(B(O)O)c1. The van der Waals surface area contributed by atoms with E-state index in [0.29, 0.717) is 0 Å². The zero-order chi connectivity index (χ0) is 14.8. The third-order valence-corrected chi connectivity index (χ3v) is 5.83. The second-order valence-corrected chi connectivity index (χ2v) is 7.26. The number of sulfonamides is 1. The van der Waals surface area contributed by atoms with Crippen LogP contribution in [0, 0.1) is 0 Å². The van der Waals surface area contributed by atoms with Gasteiger partial charge in [0.25, 0.3) is 0 Å². The molecule has 2 rings (SSSR count). The van der Waals surface area contributed by atoms with Crippen molar-refractivity contribution >= 4 is 22.6 Å². The Morgan fingerprint density at radius 2 is 1.85 bits per heavy atom. The molecule has 0 spiro atoms. The Morgan fingerprint density at radius 3 is 2.45 bits per heavy atom. The summed E-state index contributed by atoms with van der Waals surface area (Å²) in [6, 6.07) is 5.86. The summed E-state index contributed by atoms with van der Waals surface area (Å²) in [4.78, 5) is 0.108. The molecule has 1 aromatic carbocycles. The zero-order valence-corrected chi connectivity index (χ0v) is 12.4. The van der Waals surface area contributed by atoms with Gasteiger partial charge >= 0.3 is 7.12 Å². The van der Waals surface area contributed by atoms with E-state index in [-0.39, 0.29) is 16.4 Å². The molecule has 0 amide bonds. The third-order valence-electron chi connectivity index (χ3n) is 3.92. The van der Waals surface area contributed by atoms with Crippen molar-refractivity contribution in [3.05, 3.63) is 24.3 Å². The molecule has 0 radical (unpaired) electrons. The van der Waals surface area contributed by atoms with E-state index in [4.69, 9.17) is 10.0 Å². The maximum absolute atomic E-state index is 12.6. The van der Waals surface area contributed by atoms with E-state index in [1.807, 2.05) is 0 Å². The Kier molecular flexibility index (Phi) is 4.85. The summed E-state index contributed by atoms with van der Waals surface area (Å²) < 4.78 is 26.6. The van der Waals surface area contributed by atoms with Gasteiger partial charge in [0.15, 0.2) is 0 Å². The maximum Gasteiger partial charge on any atom is 0.488 e. The third kappa shape index (κ3) is 3.23. The molecule has 0 heterocycles. The van der Waals surface area contributed by atoms with Gasteiger partial charge in [-0.25, -0.2) is 8.42 Å². The summed E-state index contributed by atoms with van der Waals surface area (Å²) >= 11 is 0. The topological polar surface area (TPSA) is 77.8 Å². The van der Waals surface area contributed by atoms with Crippen LogP contribution in [0.5, 0.6) is 0 Å². The van der Waals surface area contributed by atoms with Gasteiger partial charge in [-0.05, 0) is 30.4 Å². The predicted molar refractivity (Wildman–Crippen MR) is 78.1 cm³/mol. The summed E-state index contributed by atoms with van der Waals surface area (Å²) in [6.45, 7) is 0. The van der Waals surface area contributed by atoms with Crippen molar-refractivity contribution in [1.82, 2.24) is 4.31 Å². The minimum absolute atomic E-state index is 0.0384. The number of hydrogen-bond acceptors (Lipinski definition) is 4. The Labute approximate surface area is 120 Å². The first kappa shape index (κ1) is 15.5. The fourth-order valence-corrected chi connectivity index (χ4v) is 4.11. The van der Waals surface area contributed by atoms with Gasteiger partial charge in [0, 0.05) is 13.1 Å². The van der Waals surface area contributed by atoms with Gasteiger partial charge in [-0.3, -0.25) is 0 Å². The van der Waals surface area contributed by atoms with Gasteiger partial charge < -0.3 is 10.0 Å². The maximum atomic E-state index is 12.6. The molecule has 0 aliphatic heterocycles. The molecule has 7 heteroatoms. The summed E-state index contributed by atoms with van der Waals surface area (Å²) in [5.41, 5.74) is 0.183. The van der Waals surface area contributed by atoms with Crippen LogP contribution in [0.15, 0.2) is 29.2 Å². The first-order chi connectivity index (χ1) is 9.43. The van der Waals surface area contributed by atoms with Crippen molar-refractivity contribution in [2.75, 3.05) is 7.05 Å². The van der Waals surface area contributed by atoms with Gasteiger partial charge in [-0.15, -0.1) is 0 Å². The molecular formula is C13H20BNO4S. The van der Waals surface area contributed by atoms with Gasteiger partial charge in [0.2, 0.25) is 10.0 Å². The smallest absolute Gasteiger partial charge is 0.423 e. The Bertz CT molecular complexity index is 555. The molecule has 1 aliphatic rings. The molecule has 1 aliphatic carbocycles. The molecule has 20 heavy (non-hydrogen) atoms. The van der Waals surface area contributed by atoms with Crippen molar-refractivity contribution < 1.29 is 18.5 Å². The lowest BCUT2D eigenvalue weighted by atomic mass is 9.80. The largest absolute Gasteiger partial charge is 0.488 e. The average Bonchev–Trinajstić information content (AvgIpc) is 2.47. The van der Waals surface area contributed by atoms with Gasteiger partial charge in [-0.2, -0.15) is 4.31 Å². The van der Waals surface area contributed by atoms with Crippen LogP contribution in [-0.4, -0.2) is 43.0 Å². The first-order valence-electron chi connectivity index (χ1n) is 6.87. The van der Waals surface area contributed by atoms with Crippen molar-refractivity contribution in [2.24, 2.45) is 0 Å². The first-order valence-corrected chi connectivity index (χ1v) is 8.31. The lowest BCUT2D eigenvalue weighted by Crippen LogP contribution is -2.39. The summed E-state index contributed by atoms with van der Waals surface area (Å²) in [6.07, 6.45) is 5.05. The number of rotatable bonds is 4. The van der Waals surface area contributed by atoms with E-state index in [0.717, 1.165) is 32.1 Å². The lowest BCUT2D eigenvalue weighted by molar-refractivity contribution is 0.286. The molecule has 1 aromatic rings. The van der Waals surface area contributed by atoms with E-state index in [1.54, 1.807) is 7.05 Å². The molecule has 110 valence electrons. The van der Waals surface area contributed by atoms with Crippen LogP contribution in [0.25, 0.3) is 0 Å². The van der Waals surface area contributed by atoms with Crippen LogP contribution >= 0.6 is 0 Å². The Hall–Kier alpha value is -0.885. The number of benzene rings is 1. The standard InChI is InChI=1S/C13H20BNO4S/c1-15(12-7-3-2-4-8-12)20(18,19)13-9-5-6-11(10-13)14(16)17/h5-6,9-10,12,16-17H,2-4,7-8H2,1H3. The van der Waals surface area contributed by atoms with E-state index in [1.165, 1.54) is 28.6 Å². The van der Waals surface area contributed by atoms with Crippen LogP contribution < -0.4 is 5.46 Å². The predicted octanol–water partition coefficient (Wildman–Crippen LogP) is 0.320. The average molecular weight is 297 g/mol. The van der Waals surface area contributed by atoms with Crippen LogP contribution in [0.3, 0.4) is 0 Å². The van der Waals surface area contributed by atoms with Crippen LogP contribution in [-0.2, 0) is 10.0 Å². The minimum Gasteiger partial charge on any atom is -0.423 e. The highest BCUT2D eigenvalue weighted by Crippen LogP contribution is 2.26. The van der Waals surface area contributed by atoms with Gasteiger partial charge in [0.05, 0.1) is 4.90 Å². The van der Waals surface area contributed by atoms with Crippen LogP contribution in [0.4, 0.5) is 0 Å². The fraction of sp³-hybridized carbons (Fsp3) is 0.538. The highest BCUT2D eigenvalue weighted by Gasteiger charge is 2.29. The fourth-order valence-electron chi connectivity index (χ4n) is 2.64. The molecule has 0 saturated heterocycles. The van der Waals surface area contributed by atoms with Crippen molar-refractivity contribution in [3.8, 4) is 0 Å². The van der Waals surface area contributed by atoms with Crippen LogP contribution in [0.1, 0.15) is 32.1 Å². The van der Waals surface area contributed by atoms with Crippen molar-refractivity contribution in [1.29, 1.82) is 0 Å². The molecular weight excluding hydrogens is 277 g/mol. The Balaban J connectivity index is 2.27. The molecule has 0 atom stereocenters. The van der Waals surface area contributed by atoms with Crippen molar-refractivity contribution in [2.45, 2.75) is 43.0 Å². The van der Waals surface area contributed by atoms with Gasteiger partial charge in [0.1, 0.15) is 0 Å². The second-order valence-electron chi connectivity index (χ2n) is 5.26. The summed E-state index contributed by atoms with van der Waals surface area (Å²) in [5, 5.41) is 18.3. The number of nitrogens with zero attached hydrogens (tertiary/aromatic N) is 1. The van der Waals surface area contributed by atoms with E-state index >= 15 is 0 Å². The molecule has 1 fully saturated rings. The quantitative estimate of drug-likeness (QED) is 0.785. The molecule has 1 saturated carbocycles. The highest BCUT2D eigenvalue weighted by atomic mass is 32.2. The molecule has 2 N–H and O–H groups in total. The second kappa shape index (κ2) is 6.26. The lowest BCUT2D eigenvalue weighted by Gasteiger charge is -2.30.